The van der Waals surface area contributed by atoms with Crippen LogP contribution in [-0.2, 0) is 4.79 Å². The van der Waals surface area contributed by atoms with Gasteiger partial charge < -0.3 is 9.80 Å². The molecule has 34 heavy (non-hydrogen) atoms. The quantitative estimate of drug-likeness (QED) is 0.185. The van der Waals surface area contributed by atoms with Crippen molar-refractivity contribution < 1.29 is 4.79 Å². The second-order valence-electron chi connectivity index (χ2n) is 12.6. The number of piperidine rings is 1. The van der Waals surface area contributed by atoms with E-state index in [4.69, 9.17) is 0 Å². The third kappa shape index (κ3) is 9.82. The van der Waals surface area contributed by atoms with Crippen LogP contribution in [0.4, 0.5) is 0 Å². The first-order valence-corrected chi connectivity index (χ1v) is 15.4. The van der Waals surface area contributed by atoms with E-state index >= 15 is 0 Å². The average Bonchev–Trinajstić information content (AvgIpc) is 2.81. The number of rotatable bonds is 18. The first kappa shape index (κ1) is 29.7. The molecule has 2 atom stereocenters. The summed E-state index contributed by atoms with van der Waals surface area (Å²) in [6, 6.07) is 0. The van der Waals surface area contributed by atoms with Crippen LogP contribution in [0, 0.1) is 16.7 Å². The van der Waals surface area contributed by atoms with Gasteiger partial charge in [-0.25, -0.2) is 0 Å². The van der Waals surface area contributed by atoms with Crippen molar-refractivity contribution >= 4 is 5.91 Å². The molecule has 2 heterocycles. The fourth-order valence-electron chi connectivity index (χ4n) is 6.66. The Bertz CT molecular complexity index is 546. The van der Waals surface area contributed by atoms with E-state index in [1.807, 2.05) is 0 Å². The highest BCUT2D eigenvalue weighted by Gasteiger charge is 2.46. The number of likely N-dealkylation sites (tertiary alicyclic amines) is 2. The van der Waals surface area contributed by atoms with E-state index in [9.17, 15) is 4.79 Å². The fraction of sp³-hybridized carbons (Fsp3) is 0.968. The van der Waals surface area contributed by atoms with Crippen LogP contribution >= 0.6 is 0 Å². The summed E-state index contributed by atoms with van der Waals surface area (Å²) in [5.41, 5.74) is 0.806. The molecule has 200 valence electrons. The molecular formula is C31H60N2O. The molecule has 1 amide bonds. The first-order chi connectivity index (χ1) is 16.4. The van der Waals surface area contributed by atoms with Crippen LogP contribution in [0.1, 0.15) is 144 Å². The molecule has 0 aromatic carbocycles. The van der Waals surface area contributed by atoms with Crippen LogP contribution in [0.25, 0.3) is 0 Å². The Morgan fingerprint density at radius 2 is 1.44 bits per heavy atom. The van der Waals surface area contributed by atoms with Crippen LogP contribution in [0.3, 0.4) is 0 Å². The molecule has 2 fully saturated rings. The maximum Gasteiger partial charge on any atom is 0.222 e. The zero-order chi connectivity index (χ0) is 24.9. The molecule has 0 radical (unpaired) electrons. The molecule has 0 aliphatic carbocycles. The molecule has 2 rings (SSSR count). The van der Waals surface area contributed by atoms with Crippen LogP contribution < -0.4 is 0 Å². The molecule has 0 N–H and O–H groups in total. The van der Waals surface area contributed by atoms with Gasteiger partial charge in [-0.2, -0.15) is 0 Å². The molecule has 1 spiro atoms. The van der Waals surface area contributed by atoms with Gasteiger partial charge in [-0.15, -0.1) is 0 Å². The topological polar surface area (TPSA) is 23.6 Å². The molecule has 0 saturated carbocycles. The van der Waals surface area contributed by atoms with Gasteiger partial charge in [0.25, 0.3) is 0 Å². The first-order valence-electron chi connectivity index (χ1n) is 15.4. The summed E-state index contributed by atoms with van der Waals surface area (Å²) in [7, 11) is 0. The number of hydrogen-bond acceptors (Lipinski definition) is 2. The molecule has 2 aliphatic rings. The molecule has 0 aromatic rings. The standard InChI is InChI=1S/C31H60N2O/c1-6-10-13-14-16-28(15-11-7-2)25-32-23-21-31(22-24-32)26-33(27-31)29(34)17-20-30(5,18-9-4)19-12-8-3/h28H,6-27H2,1-5H3. The van der Waals surface area contributed by atoms with Gasteiger partial charge in [-0.05, 0) is 69.4 Å². The van der Waals surface area contributed by atoms with Crippen LogP contribution in [0.2, 0.25) is 0 Å². The molecule has 0 aromatic heterocycles. The zero-order valence-corrected chi connectivity index (χ0v) is 23.9. The lowest BCUT2D eigenvalue weighted by molar-refractivity contribution is -0.147. The highest BCUT2D eigenvalue weighted by Crippen LogP contribution is 2.42. The smallest absolute Gasteiger partial charge is 0.222 e. The number of carbonyl (C=O) groups is 1. The van der Waals surface area contributed by atoms with Crippen molar-refractivity contribution in [2.45, 2.75) is 144 Å². The summed E-state index contributed by atoms with van der Waals surface area (Å²) in [6.45, 7) is 17.5. The second-order valence-corrected chi connectivity index (χ2v) is 12.6. The van der Waals surface area contributed by atoms with E-state index in [-0.39, 0.29) is 0 Å². The highest BCUT2D eigenvalue weighted by atomic mass is 16.2. The van der Waals surface area contributed by atoms with Gasteiger partial charge in [0, 0.05) is 31.5 Å². The predicted octanol–water partition coefficient (Wildman–Crippen LogP) is 8.46. The second kappa shape index (κ2) is 15.5. The van der Waals surface area contributed by atoms with Gasteiger partial charge in [0.1, 0.15) is 0 Å². The van der Waals surface area contributed by atoms with Gasteiger partial charge in [0.05, 0.1) is 0 Å². The van der Waals surface area contributed by atoms with Crippen molar-refractivity contribution in [2.24, 2.45) is 16.7 Å². The monoisotopic (exact) mass is 476 g/mol. The third-order valence-electron chi connectivity index (χ3n) is 9.20. The molecule has 3 nitrogen and oxygen atoms in total. The number of carbonyl (C=O) groups excluding carboxylic acids is 1. The van der Waals surface area contributed by atoms with Gasteiger partial charge in [0.2, 0.25) is 5.91 Å². The van der Waals surface area contributed by atoms with Crippen molar-refractivity contribution in [2.75, 3.05) is 32.7 Å². The van der Waals surface area contributed by atoms with E-state index in [2.05, 4.69) is 44.4 Å². The van der Waals surface area contributed by atoms with E-state index in [0.717, 1.165) is 31.8 Å². The summed E-state index contributed by atoms with van der Waals surface area (Å²) >= 11 is 0. The SMILES string of the molecule is CCCCCCC(CCCC)CN1CCC2(CC1)CN(C(=O)CCC(C)(CCC)CCCC)C2. The molecule has 0 bridgehead atoms. The fourth-order valence-corrected chi connectivity index (χ4v) is 6.66. The Morgan fingerprint density at radius 3 is 2.06 bits per heavy atom. The van der Waals surface area contributed by atoms with Crippen molar-refractivity contribution in [3.8, 4) is 0 Å². The van der Waals surface area contributed by atoms with E-state index in [1.54, 1.807) is 0 Å². The average molecular weight is 477 g/mol. The Kier molecular flexibility index (Phi) is 13.5. The maximum absolute atomic E-state index is 12.9. The Balaban J connectivity index is 1.71. The van der Waals surface area contributed by atoms with Gasteiger partial charge in [-0.3, -0.25) is 4.79 Å². The lowest BCUT2D eigenvalue weighted by Crippen LogP contribution is -2.62. The zero-order valence-electron chi connectivity index (χ0n) is 23.9. The lowest BCUT2D eigenvalue weighted by Gasteiger charge is -2.54. The van der Waals surface area contributed by atoms with Gasteiger partial charge >= 0.3 is 0 Å². The van der Waals surface area contributed by atoms with Crippen molar-refractivity contribution in [1.82, 2.24) is 9.80 Å². The maximum atomic E-state index is 12.9. The molecular weight excluding hydrogens is 416 g/mol. The summed E-state index contributed by atoms with van der Waals surface area (Å²) in [4.78, 5) is 17.9. The van der Waals surface area contributed by atoms with Crippen LogP contribution in [0.15, 0.2) is 0 Å². The summed E-state index contributed by atoms with van der Waals surface area (Å²) in [5, 5.41) is 0. The predicted molar refractivity (Wildman–Crippen MR) is 148 cm³/mol. The van der Waals surface area contributed by atoms with Crippen LogP contribution in [0.5, 0.6) is 0 Å². The largest absolute Gasteiger partial charge is 0.341 e. The molecule has 2 saturated heterocycles. The number of hydrogen-bond donors (Lipinski definition) is 0. The normalized spacial score (nSPS) is 20.8. The van der Waals surface area contributed by atoms with Crippen LogP contribution in [-0.4, -0.2) is 48.4 Å². The van der Waals surface area contributed by atoms with Crippen molar-refractivity contribution in [3.05, 3.63) is 0 Å². The third-order valence-corrected chi connectivity index (χ3v) is 9.20. The number of unbranched alkanes of at least 4 members (excludes halogenated alkanes) is 5. The Morgan fingerprint density at radius 1 is 0.794 bits per heavy atom. The minimum absolute atomic E-state index is 0.360. The Hall–Kier alpha value is -0.570. The van der Waals surface area contributed by atoms with E-state index < -0.39 is 0 Å². The minimum Gasteiger partial charge on any atom is -0.341 e. The molecule has 3 heteroatoms. The number of amides is 1. The summed E-state index contributed by atoms with van der Waals surface area (Å²) in [5.74, 6) is 1.33. The van der Waals surface area contributed by atoms with E-state index in [0.29, 0.717) is 16.7 Å². The van der Waals surface area contributed by atoms with Crippen molar-refractivity contribution in [1.29, 1.82) is 0 Å². The minimum atomic E-state index is 0.360. The summed E-state index contributed by atoms with van der Waals surface area (Å²) < 4.78 is 0. The highest BCUT2D eigenvalue weighted by molar-refractivity contribution is 5.77. The van der Waals surface area contributed by atoms with Gasteiger partial charge in [0.15, 0.2) is 0 Å². The number of nitrogens with zero attached hydrogens (tertiary/aromatic N) is 2. The molecule has 2 aliphatic heterocycles. The lowest BCUT2D eigenvalue weighted by atomic mass is 9.71. The van der Waals surface area contributed by atoms with Crippen molar-refractivity contribution in [3.63, 3.8) is 0 Å². The Labute approximate surface area is 213 Å². The van der Waals surface area contributed by atoms with E-state index in [1.165, 1.54) is 116 Å². The summed E-state index contributed by atoms with van der Waals surface area (Å²) in [6.07, 6.45) is 21.9. The molecule has 2 unspecified atom stereocenters. The van der Waals surface area contributed by atoms with Gasteiger partial charge in [-0.1, -0.05) is 92.4 Å².